The standard InChI is InChI=1S/C17H21BClF4NO2/c1-15(2)16(3,4)26-18(25-15)14(20)12(9-13(24)17(21,22)23)10-5-7-11(19)8-6-10/h5-8,13H,9,24H2,1-4H3. The highest BCUT2D eigenvalue weighted by atomic mass is 35.5. The van der Waals surface area contributed by atoms with Gasteiger partial charge in [-0.1, -0.05) is 23.7 Å². The number of benzene rings is 1. The largest absolute Gasteiger partial charge is 0.525 e. The molecule has 1 unspecified atom stereocenters. The number of alkyl halides is 3. The van der Waals surface area contributed by atoms with Gasteiger partial charge in [-0.2, -0.15) is 13.2 Å². The van der Waals surface area contributed by atoms with Gasteiger partial charge in [0.2, 0.25) is 0 Å². The second kappa shape index (κ2) is 7.15. The summed E-state index contributed by atoms with van der Waals surface area (Å²) in [5.41, 5.74) is 2.67. The van der Waals surface area contributed by atoms with Gasteiger partial charge in [-0.25, -0.2) is 4.39 Å². The molecule has 0 bridgehead atoms. The van der Waals surface area contributed by atoms with Crippen LogP contribution in [0, 0.1) is 0 Å². The summed E-state index contributed by atoms with van der Waals surface area (Å²) in [6.45, 7) is 6.90. The molecule has 2 N–H and O–H groups in total. The van der Waals surface area contributed by atoms with Crippen molar-refractivity contribution in [3.05, 3.63) is 40.6 Å². The molecule has 0 saturated carbocycles. The monoisotopic (exact) mass is 393 g/mol. The van der Waals surface area contributed by atoms with Crippen LogP contribution >= 0.6 is 11.6 Å². The Bertz CT molecular complexity index is 673. The maximum absolute atomic E-state index is 15.2. The predicted molar refractivity (Wildman–Crippen MR) is 94.2 cm³/mol. The molecule has 1 aliphatic heterocycles. The van der Waals surface area contributed by atoms with Crippen molar-refractivity contribution in [2.75, 3.05) is 0 Å². The Morgan fingerprint density at radius 1 is 1.12 bits per heavy atom. The fraction of sp³-hybridized carbons (Fsp3) is 0.529. The van der Waals surface area contributed by atoms with Crippen LogP contribution in [0.15, 0.2) is 30.0 Å². The SMILES string of the molecule is CC1(C)OB(C(F)=C(CC(N)C(F)(F)F)c2ccc(Cl)cc2)OC1(C)C. The van der Waals surface area contributed by atoms with E-state index in [1.54, 1.807) is 27.7 Å². The summed E-state index contributed by atoms with van der Waals surface area (Å²) < 4.78 is 65.2. The van der Waals surface area contributed by atoms with Crippen molar-refractivity contribution in [3.8, 4) is 0 Å². The lowest BCUT2D eigenvalue weighted by molar-refractivity contribution is -0.146. The molecular formula is C17H21BClF4NO2. The van der Waals surface area contributed by atoms with E-state index in [4.69, 9.17) is 26.6 Å². The third kappa shape index (κ3) is 4.42. The average molecular weight is 394 g/mol. The molecule has 3 nitrogen and oxygen atoms in total. The number of hydrogen-bond donors (Lipinski definition) is 1. The lowest BCUT2D eigenvalue weighted by Gasteiger charge is -2.32. The number of nitrogens with two attached hydrogens (primary N) is 1. The van der Waals surface area contributed by atoms with Crippen molar-refractivity contribution >= 4 is 24.3 Å². The quantitative estimate of drug-likeness (QED) is 0.582. The highest BCUT2D eigenvalue weighted by Gasteiger charge is 2.54. The molecule has 144 valence electrons. The van der Waals surface area contributed by atoms with Gasteiger partial charge in [0, 0.05) is 5.02 Å². The van der Waals surface area contributed by atoms with E-state index in [0.717, 1.165) is 0 Å². The van der Waals surface area contributed by atoms with Crippen LogP contribution in [0.25, 0.3) is 5.57 Å². The van der Waals surface area contributed by atoms with Crippen LogP contribution in [0.4, 0.5) is 17.6 Å². The van der Waals surface area contributed by atoms with Gasteiger partial charge in [0.1, 0.15) is 11.8 Å². The van der Waals surface area contributed by atoms with Gasteiger partial charge >= 0.3 is 13.3 Å². The lowest BCUT2D eigenvalue weighted by Crippen LogP contribution is -2.41. The molecule has 1 atom stereocenters. The fourth-order valence-corrected chi connectivity index (χ4v) is 2.55. The van der Waals surface area contributed by atoms with Crippen LogP contribution < -0.4 is 5.73 Å². The number of rotatable bonds is 4. The molecule has 26 heavy (non-hydrogen) atoms. The van der Waals surface area contributed by atoms with Crippen LogP contribution in [-0.4, -0.2) is 30.5 Å². The van der Waals surface area contributed by atoms with Gasteiger partial charge in [-0.3, -0.25) is 0 Å². The van der Waals surface area contributed by atoms with Crippen molar-refractivity contribution < 1.29 is 26.9 Å². The van der Waals surface area contributed by atoms with Crippen LogP contribution in [0.3, 0.4) is 0 Å². The summed E-state index contributed by atoms with van der Waals surface area (Å²) in [4.78, 5) is 0. The summed E-state index contributed by atoms with van der Waals surface area (Å²) in [6, 6.07) is 3.58. The Kier molecular flexibility index (Phi) is 5.83. The van der Waals surface area contributed by atoms with Crippen LogP contribution in [0.1, 0.15) is 39.7 Å². The van der Waals surface area contributed by atoms with E-state index in [-0.39, 0.29) is 11.1 Å². The Balaban J connectivity index is 2.45. The molecule has 0 aliphatic carbocycles. The Morgan fingerprint density at radius 3 is 2.00 bits per heavy atom. The molecule has 1 fully saturated rings. The molecule has 1 heterocycles. The summed E-state index contributed by atoms with van der Waals surface area (Å²) in [7, 11) is -1.41. The minimum atomic E-state index is -4.66. The Hall–Kier alpha value is -1.09. The molecule has 0 radical (unpaired) electrons. The van der Waals surface area contributed by atoms with E-state index in [1.807, 2.05) is 0 Å². The fourth-order valence-electron chi connectivity index (χ4n) is 2.43. The predicted octanol–water partition coefficient (Wildman–Crippen LogP) is 4.93. The molecular weight excluding hydrogens is 372 g/mol. The minimum absolute atomic E-state index is 0.218. The molecule has 2 rings (SSSR count). The van der Waals surface area contributed by atoms with E-state index in [0.29, 0.717) is 5.02 Å². The normalized spacial score (nSPS) is 21.5. The first-order valence-corrected chi connectivity index (χ1v) is 8.45. The Morgan fingerprint density at radius 2 is 1.58 bits per heavy atom. The van der Waals surface area contributed by atoms with Crippen LogP contribution in [0.2, 0.25) is 5.02 Å². The topological polar surface area (TPSA) is 44.5 Å². The highest BCUT2D eigenvalue weighted by molar-refractivity contribution is 6.55. The van der Waals surface area contributed by atoms with E-state index in [1.165, 1.54) is 24.3 Å². The van der Waals surface area contributed by atoms with Crippen molar-refractivity contribution in [1.82, 2.24) is 0 Å². The maximum atomic E-state index is 15.2. The summed E-state index contributed by atoms with van der Waals surface area (Å²) in [5, 5.41) is 0.379. The Labute approximate surface area is 155 Å². The molecule has 1 aromatic rings. The third-order valence-corrected chi connectivity index (χ3v) is 5.04. The number of hydrogen-bond acceptors (Lipinski definition) is 3. The van der Waals surface area contributed by atoms with Gasteiger partial charge < -0.3 is 15.0 Å². The maximum Gasteiger partial charge on any atom is 0.525 e. The summed E-state index contributed by atoms with van der Waals surface area (Å²) >= 11 is 5.81. The van der Waals surface area contributed by atoms with Gasteiger partial charge in [-0.15, -0.1) is 0 Å². The number of halogens is 5. The second-order valence-electron chi connectivity index (χ2n) is 7.27. The van der Waals surface area contributed by atoms with Crippen molar-refractivity contribution in [1.29, 1.82) is 0 Å². The zero-order valence-electron chi connectivity index (χ0n) is 15.0. The van der Waals surface area contributed by atoms with Crippen molar-refractivity contribution in [2.45, 2.75) is 57.5 Å². The second-order valence-corrected chi connectivity index (χ2v) is 7.71. The van der Waals surface area contributed by atoms with Crippen molar-refractivity contribution in [3.63, 3.8) is 0 Å². The first-order valence-electron chi connectivity index (χ1n) is 8.07. The first kappa shape index (κ1) is 21.2. The molecule has 0 aromatic heterocycles. The molecule has 1 saturated heterocycles. The van der Waals surface area contributed by atoms with Gasteiger partial charge in [-0.05, 0) is 57.4 Å². The van der Waals surface area contributed by atoms with E-state index in [2.05, 4.69) is 0 Å². The minimum Gasteiger partial charge on any atom is -0.398 e. The van der Waals surface area contributed by atoms with E-state index < -0.39 is 42.7 Å². The molecule has 1 aromatic carbocycles. The third-order valence-electron chi connectivity index (χ3n) is 4.79. The molecule has 9 heteroatoms. The summed E-state index contributed by atoms with van der Waals surface area (Å²) in [5.74, 6) is 0. The van der Waals surface area contributed by atoms with E-state index in [9.17, 15) is 13.2 Å². The smallest absolute Gasteiger partial charge is 0.398 e. The van der Waals surface area contributed by atoms with Crippen LogP contribution in [0.5, 0.6) is 0 Å². The molecule has 0 spiro atoms. The van der Waals surface area contributed by atoms with Gasteiger partial charge in [0.25, 0.3) is 0 Å². The van der Waals surface area contributed by atoms with Gasteiger partial charge in [0.05, 0.1) is 11.2 Å². The van der Waals surface area contributed by atoms with Crippen LogP contribution in [-0.2, 0) is 9.31 Å². The average Bonchev–Trinajstić information content (AvgIpc) is 2.72. The first-order chi connectivity index (χ1) is 11.7. The lowest BCUT2D eigenvalue weighted by atomic mass is 9.81. The highest BCUT2D eigenvalue weighted by Crippen LogP contribution is 2.41. The van der Waals surface area contributed by atoms with E-state index >= 15 is 4.39 Å². The molecule has 1 aliphatic rings. The zero-order valence-corrected chi connectivity index (χ0v) is 15.7. The molecule has 0 amide bonds. The zero-order chi connectivity index (χ0) is 19.9. The van der Waals surface area contributed by atoms with Crippen molar-refractivity contribution in [2.24, 2.45) is 5.73 Å². The summed E-state index contributed by atoms with van der Waals surface area (Å²) in [6.07, 6.45) is -5.41. The van der Waals surface area contributed by atoms with Gasteiger partial charge in [0.15, 0.2) is 0 Å².